The van der Waals surface area contributed by atoms with E-state index in [0.29, 0.717) is 12.5 Å². The van der Waals surface area contributed by atoms with Crippen molar-refractivity contribution in [1.82, 2.24) is 15.1 Å². The number of likely N-dealkylation sites (N-methyl/N-ethyl adjacent to an activating group) is 1. The summed E-state index contributed by atoms with van der Waals surface area (Å²) in [4.78, 5) is 14.3. The summed E-state index contributed by atoms with van der Waals surface area (Å²) in [5.41, 5.74) is 0.947. The van der Waals surface area contributed by atoms with E-state index in [9.17, 15) is 4.79 Å². The first-order chi connectivity index (χ1) is 9.10. The third-order valence-corrected chi connectivity index (χ3v) is 3.82. The summed E-state index contributed by atoms with van der Waals surface area (Å²) in [5, 5.41) is 7.40. The van der Waals surface area contributed by atoms with Gasteiger partial charge in [-0.3, -0.25) is 4.79 Å². The predicted molar refractivity (Wildman–Crippen MR) is 77.6 cm³/mol. The Bertz CT molecular complexity index is 471. The first-order valence-electron chi connectivity index (χ1n) is 7.09. The Hall–Kier alpha value is -1.36. The second kappa shape index (κ2) is 6.19. The maximum Gasteiger partial charge on any atom is 0.268 e. The highest BCUT2D eigenvalue weighted by atomic mass is 16.1. The van der Waals surface area contributed by atoms with E-state index in [0.717, 1.165) is 18.8 Å². The molecule has 2 rings (SSSR count). The molecule has 1 aromatic heterocycles. The minimum Gasteiger partial charge on any atom is -0.370 e. The van der Waals surface area contributed by atoms with Gasteiger partial charge >= 0.3 is 0 Å². The van der Waals surface area contributed by atoms with E-state index in [-0.39, 0.29) is 11.6 Å². The fourth-order valence-electron chi connectivity index (χ4n) is 2.51. The number of nitrogens with zero attached hydrogens (tertiary/aromatic N) is 3. The number of nitrogens with one attached hydrogen (secondary N) is 1. The summed E-state index contributed by atoms with van der Waals surface area (Å²) in [6.45, 7) is 6.95. The fraction of sp³-hybridized carbons (Fsp3) is 0.714. The Labute approximate surface area is 114 Å². The fourth-order valence-corrected chi connectivity index (χ4v) is 2.51. The maximum absolute atomic E-state index is 12.1. The van der Waals surface area contributed by atoms with Crippen LogP contribution in [0.1, 0.15) is 26.7 Å². The predicted octanol–water partition coefficient (Wildman–Crippen LogP) is 1.09. The van der Waals surface area contributed by atoms with Crippen molar-refractivity contribution < 1.29 is 0 Å². The highest BCUT2D eigenvalue weighted by Gasteiger charge is 2.17. The largest absolute Gasteiger partial charge is 0.370 e. The SMILES string of the molecule is CNC(C)Cn1ncc(N2CCCC(C)C2)cc1=O. The van der Waals surface area contributed by atoms with Crippen LogP contribution in [-0.2, 0) is 6.54 Å². The zero-order valence-corrected chi connectivity index (χ0v) is 12.1. The molecule has 1 N–H and O–H groups in total. The first-order valence-corrected chi connectivity index (χ1v) is 7.09. The lowest BCUT2D eigenvalue weighted by Gasteiger charge is -2.32. The molecule has 5 heteroatoms. The zero-order valence-electron chi connectivity index (χ0n) is 12.1. The molecule has 1 fully saturated rings. The molecule has 19 heavy (non-hydrogen) atoms. The molecule has 0 saturated carbocycles. The van der Waals surface area contributed by atoms with Gasteiger partial charge in [0.2, 0.25) is 0 Å². The highest BCUT2D eigenvalue weighted by molar-refractivity contribution is 5.43. The lowest BCUT2D eigenvalue weighted by molar-refractivity contribution is 0.442. The van der Waals surface area contributed by atoms with Gasteiger partial charge < -0.3 is 10.2 Å². The molecule has 1 aromatic rings. The average Bonchev–Trinajstić information content (AvgIpc) is 2.41. The van der Waals surface area contributed by atoms with Gasteiger partial charge in [-0.1, -0.05) is 6.92 Å². The zero-order chi connectivity index (χ0) is 13.8. The van der Waals surface area contributed by atoms with Crippen LogP contribution >= 0.6 is 0 Å². The van der Waals surface area contributed by atoms with Gasteiger partial charge in [-0.05, 0) is 32.7 Å². The number of aromatic nitrogens is 2. The molecule has 0 aromatic carbocycles. The summed E-state index contributed by atoms with van der Waals surface area (Å²) in [6, 6.07) is 1.96. The number of rotatable bonds is 4. The highest BCUT2D eigenvalue weighted by Crippen LogP contribution is 2.20. The molecule has 2 heterocycles. The van der Waals surface area contributed by atoms with Crippen molar-refractivity contribution in [3.8, 4) is 0 Å². The number of piperidine rings is 1. The van der Waals surface area contributed by atoms with Crippen LogP contribution in [-0.4, -0.2) is 36.0 Å². The Morgan fingerprint density at radius 2 is 2.37 bits per heavy atom. The number of anilines is 1. The third-order valence-electron chi connectivity index (χ3n) is 3.82. The first kappa shape index (κ1) is 14.1. The lowest BCUT2D eigenvalue weighted by Crippen LogP contribution is -2.37. The lowest BCUT2D eigenvalue weighted by atomic mass is 10.00. The van der Waals surface area contributed by atoms with Gasteiger partial charge in [-0.15, -0.1) is 0 Å². The van der Waals surface area contributed by atoms with Gasteiger partial charge in [-0.2, -0.15) is 5.10 Å². The molecular formula is C14H24N4O. The average molecular weight is 264 g/mol. The standard InChI is InChI=1S/C14H24N4O/c1-11-5-4-6-17(9-11)13-7-14(19)18(16-8-13)10-12(2)15-3/h7-8,11-12,15H,4-6,9-10H2,1-3H3. The van der Waals surface area contributed by atoms with Gasteiger partial charge in [0.05, 0.1) is 18.4 Å². The van der Waals surface area contributed by atoms with Crippen molar-refractivity contribution in [1.29, 1.82) is 0 Å². The molecular weight excluding hydrogens is 240 g/mol. The molecule has 0 bridgehead atoms. The molecule has 1 aliphatic rings. The Balaban J connectivity index is 2.12. The molecule has 1 aliphatic heterocycles. The maximum atomic E-state index is 12.1. The second-order valence-electron chi connectivity index (χ2n) is 5.62. The van der Waals surface area contributed by atoms with E-state index in [1.165, 1.54) is 17.5 Å². The summed E-state index contributed by atoms with van der Waals surface area (Å²) in [5.74, 6) is 0.695. The van der Waals surface area contributed by atoms with Crippen molar-refractivity contribution in [2.24, 2.45) is 5.92 Å². The van der Waals surface area contributed by atoms with Gasteiger partial charge in [0.1, 0.15) is 0 Å². The minimum atomic E-state index is -0.0159. The Morgan fingerprint density at radius 3 is 3.00 bits per heavy atom. The van der Waals surface area contributed by atoms with Crippen LogP contribution in [0.4, 0.5) is 5.69 Å². The normalized spacial score (nSPS) is 21.4. The summed E-state index contributed by atoms with van der Waals surface area (Å²) >= 11 is 0. The van der Waals surface area contributed by atoms with Crippen molar-refractivity contribution in [3.05, 3.63) is 22.6 Å². The van der Waals surface area contributed by atoms with Crippen molar-refractivity contribution in [2.75, 3.05) is 25.0 Å². The molecule has 0 radical (unpaired) electrons. The van der Waals surface area contributed by atoms with E-state index in [1.807, 2.05) is 20.2 Å². The monoisotopic (exact) mass is 264 g/mol. The van der Waals surface area contributed by atoms with Crippen LogP contribution in [0, 0.1) is 5.92 Å². The Morgan fingerprint density at radius 1 is 1.58 bits per heavy atom. The quantitative estimate of drug-likeness (QED) is 0.884. The minimum absolute atomic E-state index is 0.0159. The van der Waals surface area contributed by atoms with Crippen molar-refractivity contribution >= 4 is 5.69 Å². The second-order valence-corrected chi connectivity index (χ2v) is 5.62. The van der Waals surface area contributed by atoms with Crippen LogP contribution in [0.2, 0.25) is 0 Å². The van der Waals surface area contributed by atoms with Crippen LogP contribution < -0.4 is 15.8 Å². The van der Waals surface area contributed by atoms with E-state index < -0.39 is 0 Å². The smallest absolute Gasteiger partial charge is 0.268 e. The van der Waals surface area contributed by atoms with Crippen LogP contribution in [0.5, 0.6) is 0 Å². The van der Waals surface area contributed by atoms with Gasteiger partial charge in [0, 0.05) is 25.2 Å². The third kappa shape index (κ3) is 3.56. The summed E-state index contributed by atoms with van der Waals surface area (Å²) in [7, 11) is 1.89. The van der Waals surface area contributed by atoms with Crippen molar-refractivity contribution in [3.63, 3.8) is 0 Å². The van der Waals surface area contributed by atoms with E-state index in [2.05, 4.69) is 22.2 Å². The van der Waals surface area contributed by atoms with Crippen molar-refractivity contribution in [2.45, 2.75) is 39.3 Å². The topological polar surface area (TPSA) is 50.2 Å². The number of hydrogen-bond donors (Lipinski definition) is 1. The van der Waals surface area contributed by atoms with E-state index in [4.69, 9.17) is 0 Å². The molecule has 2 atom stereocenters. The van der Waals surface area contributed by atoms with Gasteiger partial charge in [-0.25, -0.2) is 4.68 Å². The summed E-state index contributed by atoms with van der Waals surface area (Å²) < 4.78 is 1.53. The molecule has 5 nitrogen and oxygen atoms in total. The van der Waals surface area contributed by atoms with Crippen LogP contribution in [0.15, 0.2) is 17.1 Å². The van der Waals surface area contributed by atoms with E-state index in [1.54, 1.807) is 6.07 Å². The van der Waals surface area contributed by atoms with Crippen LogP contribution in [0.3, 0.4) is 0 Å². The Kier molecular flexibility index (Phi) is 4.58. The van der Waals surface area contributed by atoms with Gasteiger partial charge in [0.15, 0.2) is 0 Å². The van der Waals surface area contributed by atoms with E-state index >= 15 is 0 Å². The molecule has 106 valence electrons. The molecule has 0 amide bonds. The van der Waals surface area contributed by atoms with Gasteiger partial charge in [0.25, 0.3) is 5.56 Å². The summed E-state index contributed by atoms with van der Waals surface area (Å²) in [6.07, 6.45) is 4.30. The molecule has 0 spiro atoms. The number of hydrogen-bond acceptors (Lipinski definition) is 4. The van der Waals surface area contributed by atoms with Crippen LogP contribution in [0.25, 0.3) is 0 Å². The molecule has 2 unspecified atom stereocenters. The molecule has 0 aliphatic carbocycles. The molecule has 1 saturated heterocycles.